The molecule has 4 aromatic rings. The maximum atomic E-state index is 14.2. The van der Waals surface area contributed by atoms with Crippen molar-refractivity contribution in [1.82, 2.24) is 24.8 Å². The van der Waals surface area contributed by atoms with Crippen molar-refractivity contribution in [1.29, 1.82) is 0 Å². The molecule has 2 fully saturated rings. The molecule has 1 aromatic carbocycles. The van der Waals surface area contributed by atoms with Crippen molar-refractivity contribution in [3.8, 4) is 28.4 Å². The van der Waals surface area contributed by atoms with Crippen LogP contribution in [0.1, 0.15) is 69.2 Å². The number of carbonyl (C=O) groups excluding carboxylic acids is 1. The lowest BCUT2D eigenvalue weighted by molar-refractivity contribution is -0.131. The molecule has 43 heavy (non-hydrogen) atoms. The Hall–Kier alpha value is -4.31. The Balaban J connectivity index is 1.74. The number of nitrogens with one attached hydrogen (secondary N) is 1. The highest BCUT2D eigenvalue weighted by atomic mass is 16.6. The molecule has 1 aliphatic heterocycles. The van der Waals surface area contributed by atoms with E-state index in [2.05, 4.69) is 42.0 Å². The van der Waals surface area contributed by atoms with Gasteiger partial charge in [0.25, 0.3) is 0 Å². The summed E-state index contributed by atoms with van der Waals surface area (Å²) >= 11 is 0. The molecule has 1 atom stereocenters. The maximum Gasteiger partial charge on any atom is 0.355 e. The second kappa shape index (κ2) is 11.4. The Labute approximate surface area is 251 Å². The van der Waals surface area contributed by atoms with Gasteiger partial charge in [-0.15, -0.1) is 0 Å². The van der Waals surface area contributed by atoms with Crippen molar-refractivity contribution in [2.75, 3.05) is 31.6 Å². The zero-order valence-electron chi connectivity index (χ0n) is 25.6. The van der Waals surface area contributed by atoms with Crippen molar-refractivity contribution in [3.05, 3.63) is 63.8 Å². The Morgan fingerprint density at radius 1 is 1.16 bits per heavy atom. The fourth-order valence-corrected chi connectivity index (χ4v) is 6.04. The van der Waals surface area contributed by atoms with Gasteiger partial charge in [0.2, 0.25) is 0 Å². The molecule has 2 aliphatic rings. The average molecular weight is 583 g/mol. The fraction of sp³-hybridized carbons (Fsp3) is 0.424. The number of nitrogens with zero attached hydrogens (tertiary/aromatic N) is 5. The number of methoxy groups -OCH3 is 1. The van der Waals surface area contributed by atoms with E-state index in [1.165, 1.54) is 6.92 Å². The highest BCUT2D eigenvalue weighted by molar-refractivity contribution is 5.93. The first-order valence-corrected chi connectivity index (χ1v) is 15.0. The number of piperazine rings is 1. The molecule has 0 bridgehead atoms. The van der Waals surface area contributed by atoms with Gasteiger partial charge in [0, 0.05) is 44.4 Å². The number of rotatable bonds is 7. The Morgan fingerprint density at radius 3 is 2.63 bits per heavy atom. The molecule has 0 radical (unpaired) electrons. The summed E-state index contributed by atoms with van der Waals surface area (Å²) in [5.41, 5.74) is 4.83. The van der Waals surface area contributed by atoms with E-state index < -0.39 is 11.7 Å². The van der Waals surface area contributed by atoms with Gasteiger partial charge in [0.05, 0.1) is 29.6 Å². The van der Waals surface area contributed by atoms with Gasteiger partial charge in [0.15, 0.2) is 17.1 Å². The zero-order valence-corrected chi connectivity index (χ0v) is 25.6. The average Bonchev–Trinajstić information content (AvgIpc) is 3.82. The molecular formula is C33H38N6O4. The molecule has 3 aromatic heterocycles. The lowest BCUT2D eigenvalue weighted by Crippen LogP contribution is -2.50. The summed E-state index contributed by atoms with van der Waals surface area (Å²) in [7, 11) is 1.55. The summed E-state index contributed by atoms with van der Waals surface area (Å²) < 4.78 is 12.9. The predicted octanol–water partition coefficient (Wildman–Crippen LogP) is 4.88. The molecule has 1 saturated carbocycles. The summed E-state index contributed by atoms with van der Waals surface area (Å²) in [6, 6.07) is 9.71. The van der Waals surface area contributed by atoms with Crippen LogP contribution in [0.5, 0.6) is 11.5 Å². The first-order valence-electron chi connectivity index (χ1n) is 15.0. The molecule has 1 saturated heterocycles. The zero-order chi connectivity index (χ0) is 30.4. The van der Waals surface area contributed by atoms with E-state index in [-0.39, 0.29) is 12.0 Å². The van der Waals surface area contributed by atoms with Crippen LogP contribution in [0.15, 0.2) is 41.3 Å². The monoisotopic (exact) mass is 582 g/mol. The van der Waals surface area contributed by atoms with E-state index in [0.717, 1.165) is 54.7 Å². The van der Waals surface area contributed by atoms with E-state index in [9.17, 15) is 9.59 Å². The van der Waals surface area contributed by atoms with Gasteiger partial charge in [-0.25, -0.2) is 14.3 Å². The number of hydrogen-bond acceptors (Lipinski definition) is 9. The van der Waals surface area contributed by atoms with Crippen LogP contribution in [-0.4, -0.2) is 58.3 Å². The van der Waals surface area contributed by atoms with Crippen LogP contribution < -0.4 is 25.4 Å². The number of ether oxygens (including phenoxy) is 2. The lowest BCUT2D eigenvalue weighted by atomic mass is 9.99. The number of para-hydroxylation sites is 1. The molecule has 6 rings (SSSR count). The van der Waals surface area contributed by atoms with Gasteiger partial charge in [-0.2, -0.15) is 4.98 Å². The van der Waals surface area contributed by atoms with E-state index in [1.54, 1.807) is 23.9 Å². The van der Waals surface area contributed by atoms with Crippen molar-refractivity contribution in [2.45, 2.75) is 65.3 Å². The van der Waals surface area contributed by atoms with Crippen molar-refractivity contribution in [3.63, 3.8) is 0 Å². The van der Waals surface area contributed by atoms with E-state index >= 15 is 0 Å². The Kier molecular flexibility index (Phi) is 7.64. The first-order chi connectivity index (χ1) is 20.7. The number of benzene rings is 1. The quantitative estimate of drug-likeness (QED) is 0.241. The molecule has 0 amide bonds. The van der Waals surface area contributed by atoms with E-state index in [4.69, 9.17) is 19.4 Å². The molecule has 1 aliphatic carbocycles. The minimum Gasteiger partial charge on any atom is -0.493 e. The standard InChI is InChI=1S/C33H38N6O4/c1-18(2)27-29(19(3)12-13-35-27)39-32-25(31(37-33(39)41)38-15-14-34-17-20(38)4)16-24(22-10-11-22)28(36-32)23-8-7-9-26(42-6)30(23)43-21(5)40/h7-9,12-13,16,18,20,22,34H,10-11,14-15,17H2,1-6H3. The van der Waals surface area contributed by atoms with E-state index in [0.29, 0.717) is 45.8 Å². The summed E-state index contributed by atoms with van der Waals surface area (Å²) in [5.74, 6) is 1.29. The second-order valence-corrected chi connectivity index (χ2v) is 11.8. The molecular weight excluding hydrogens is 544 g/mol. The van der Waals surface area contributed by atoms with Crippen molar-refractivity contribution in [2.24, 2.45) is 0 Å². The number of carbonyl (C=O) groups is 1. The topological polar surface area (TPSA) is 111 Å². The summed E-state index contributed by atoms with van der Waals surface area (Å²) in [6.07, 6.45) is 3.83. The summed E-state index contributed by atoms with van der Waals surface area (Å²) in [6.45, 7) is 11.9. The van der Waals surface area contributed by atoms with Crippen LogP contribution in [0.3, 0.4) is 0 Å². The van der Waals surface area contributed by atoms with Crippen LogP contribution in [0.2, 0.25) is 0 Å². The summed E-state index contributed by atoms with van der Waals surface area (Å²) in [5, 5.41) is 4.25. The largest absolute Gasteiger partial charge is 0.493 e. The second-order valence-electron chi connectivity index (χ2n) is 11.8. The van der Waals surface area contributed by atoms with Gasteiger partial charge in [-0.1, -0.05) is 19.9 Å². The molecule has 10 heteroatoms. The van der Waals surface area contributed by atoms with Crippen LogP contribution in [0.4, 0.5) is 5.82 Å². The molecule has 0 spiro atoms. The van der Waals surface area contributed by atoms with Gasteiger partial charge < -0.3 is 19.7 Å². The number of fused-ring (bicyclic) bond motifs is 1. The van der Waals surface area contributed by atoms with Gasteiger partial charge >= 0.3 is 11.7 Å². The van der Waals surface area contributed by atoms with Crippen LogP contribution in [-0.2, 0) is 4.79 Å². The Morgan fingerprint density at radius 2 is 1.95 bits per heavy atom. The minimum atomic E-state index is -0.455. The number of hydrogen-bond donors (Lipinski definition) is 1. The number of anilines is 1. The number of aromatic nitrogens is 4. The first kappa shape index (κ1) is 28.8. The molecule has 1 unspecified atom stereocenters. The van der Waals surface area contributed by atoms with Gasteiger partial charge in [0.1, 0.15) is 5.82 Å². The summed E-state index contributed by atoms with van der Waals surface area (Å²) in [4.78, 5) is 43.3. The molecule has 224 valence electrons. The maximum absolute atomic E-state index is 14.2. The van der Waals surface area contributed by atoms with Crippen LogP contribution in [0.25, 0.3) is 28.0 Å². The third-order valence-corrected chi connectivity index (χ3v) is 8.29. The third kappa shape index (κ3) is 5.24. The molecule has 4 heterocycles. The van der Waals surface area contributed by atoms with Crippen molar-refractivity contribution >= 4 is 22.8 Å². The smallest absolute Gasteiger partial charge is 0.355 e. The normalized spacial score (nSPS) is 17.0. The SMILES string of the molecule is COc1cccc(-c2nc3c(cc2C2CC2)c(N2CCNCC2C)nc(=O)n3-c2c(C)ccnc2C(C)C)c1OC(C)=O. The Bertz CT molecular complexity index is 1780. The number of pyridine rings is 2. The number of aryl methyl sites for hydroxylation is 1. The molecule has 1 N–H and O–H groups in total. The van der Waals surface area contributed by atoms with Gasteiger partial charge in [-0.05, 0) is 73.9 Å². The van der Waals surface area contributed by atoms with Gasteiger partial charge in [-0.3, -0.25) is 9.78 Å². The highest BCUT2D eigenvalue weighted by Gasteiger charge is 2.33. The van der Waals surface area contributed by atoms with E-state index in [1.807, 2.05) is 25.1 Å². The predicted molar refractivity (Wildman–Crippen MR) is 167 cm³/mol. The third-order valence-electron chi connectivity index (χ3n) is 8.29. The van der Waals surface area contributed by atoms with Crippen LogP contribution >= 0.6 is 0 Å². The molecule has 10 nitrogen and oxygen atoms in total. The van der Waals surface area contributed by atoms with Crippen LogP contribution in [0, 0.1) is 6.92 Å². The fourth-order valence-electron chi connectivity index (χ4n) is 6.04. The van der Waals surface area contributed by atoms with Crippen molar-refractivity contribution < 1.29 is 14.3 Å². The highest BCUT2D eigenvalue weighted by Crippen LogP contribution is 2.48. The minimum absolute atomic E-state index is 0.0591. The lowest BCUT2D eigenvalue weighted by Gasteiger charge is -2.35. The number of esters is 1.